The number of hydrogen-bond donors (Lipinski definition) is 2. The summed E-state index contributed by atoms with van der Waals surface area (Å²) in [6.07, 6.45) is 1.78. The van der Waals surface area contributed by atoms with Gasteiger partial charge in [0.15, 0.2) is 11.9 Å². The molecule has 0 aliphatic rings. The summed E-state index contributed by atoms with van der Waals surface area (Å²) in [5.41, 5.74) is 3.22. The Bertz CT molecular complexity index is 723. The molecule has 23 heavy (non-hydrogen) atoms. The van der Waals surface area contributed by atoms with E-state index in [1.54, 1.807) is 60.8 Å². The van der Waals surface area contributed by atoms with Gasteiger partial charge >= 0.3 is 6.03 Å². The van der Waals surface area contributed by atoms with E-state index in [-0.39, 0.29) is 5.91 Å². The number of rotatable bonds is 4. The van der Waals surface area contributed by atoms with Crippen LogP contribution in [-0.2, 0) is 4.79 Å². The Kier molecular flexibility index (Phi) is 5.15. The van der Waals surface area contributed by atoms with Crippen molar-refractivity contribution in [3.63, 3.8) is 0 Å². The summed E-state index contributed by atoms with van der Waals surface area (Å²) in [5.74, 6) is 0.179. The lowest BCUT2D eigenvalue weighted by Crippen LogP contribution is -2.38. The molecule has 3 amide bonds. The molecule has 2 N–H and O–H groups in total. The van der Waals surface area contributed by atoms with Gasteiger partial charge in [0.25, 0.3) is 0 Å². The molecule has 0 bridgehead atoms. The maximum atomic E-state index is 12.0. The van der Waals surface area contributed by atoms with Crippen molar-refractivity contribution < 1.29 is 14.4 Å². The number of nitrogens with zero attached hydrogens (tertiary/aromatic N) is 2. The minimum atomic E-state index is -0.718. The van der Waals surface area contributed by atoms with Crippen molar-refractivity contribution in [2.75, 3.05) is 10.2 Å². The third-order valence-electron chi connectivity index (χ3n) is 2.75. The van der Waals surface area contributed by atoms with Crippen LogP contribution in [0.4, 0.5) is 16.2 Å². The number of hydroxylamine groups is 1. The van der Waals surface area contributed by atoms with Crippen LogP contribution in [0.5, 0.6) is 5.75 Å². The second-order valence-corrected chi connectivity index (χ2v) is 4.49. The van der Waals surface area contributed by atoms with Crippen LogP contribution >= 0.6 is 0 Å². The van der Waals surface area contributed by atoms with Gasteiger partial charge in [-0.15, -0.1) is 0 Å². The minimum absolute atomic E-state index is 0.181. The summed E-state index contributed by atoms with van der Waals surface area (Å²) in [7, 11) is 0. The summed E-state index contributed by atoms with van der Waals surface area (Å²) in [5, 5.41) is 11.7. The van der Waals surface area contributed by atoms with Crippen LogP contribution < -0.4 is 20.5 Å². The molecule has 0 radical (unpaired) electrons. The fourth-order valence-electron chi connectivity index (χ4n) is 1.76. The molecule has 0 atom stereocenters. The first-order valence-electron chi connectivity index (χ1n) is 6.69. The highest BCUT2D eigenvalue weighted by Crippen LogP contribution is 2.16. The van der Waals surface area contributed by atoms with Gasteiger partial charge in [0, 0.05) is 12.6 Å². The third kappa shape index (κ3) is 4.47. The highest BCUT2D eigenvalue weighted by Gasteiger charge is 2.15. The van der Waals surface area contributed by atoms with Crippen molar-refractivity contribution >= 4 is 23.3 Å². The average molecular weight is 310 g/mol. The Morgan fingerprint density at radius 3 is 2.30 bits per heavy atom. The molecule has 0 saturated heterocycles. The Morgan fingerprint density at radius 2 is 1.74 bits per heavy atom. The van der Waals surface area contributed by atoms with Crippen LogP contribution in [0.2, 0.25) is 0 Å². The number of carbonyl (C=O) groups is 2. The van der Waals surface area contributed by atoms with Gasteiger partial charge < -0.3 is 10.2 Å². The van der Waals surface area contributed by atoms with Gasteiger partial charge in [-0.2, -0.15) is 15.6 Å². The van der Waals surface area contributed by atoms with E-state index in [9.17, 15) is 9.59 Å². The lowest BCUT2D eigenvalue weighted by atomic mass is 10.3. The van der Waals surface area contributed by atoms with Crippen molar-refractivity contribution in [3.8, 4) is 11.9 Å². The van der Waals surface area contributed by atoms with Gasteiger partial charge in [0.2, 0.25) is 5.91 Å². The molecule has 0 spiro atoms. The number of para-hydroxylation sites is 1. The quantitative estimate of drug-likeness (QED) is 0.515. The normalized spacial score (nSPS) is 9.39. The van der Waals surface area contributed by atoms with Crippen LogP contribution in [0, 0.1) is 11.5 Å². The lowest BCUT2D eigenvalue weighted by molar-refractivity contribution is -0.114. The Morgan fingerprint density at radius 1 is 1.09 bits per heavy atom. The van der Waals surface area contributed by atoms with Gasteiger partial charge in [-0.25, -0.2) is 4.79 Å². The summed E-state index contributed by atoms with van der Waals surface area (Å²) < 4.78 is 0. The zero-order valence-corrected chi connectivity index (χ0v) is 12.3. The van der Waals surface area contributed by atoms with Gasteiger partial charge in [-0.1, -0.05) is 18.2 Å². The number of anilines is 2. The van der Waals surface area contributed by atoms with Crippen molar-refractivity contribution in [3.05, 3.63) is 54.6 Å². The molecule has 7 nitrogen and oxygen atoms in total. The zero-order chi connectivity index (χ0) is 16.7. The molecule has 0 aliphatic heterocycles. The second-order valence-electron chi connectivity index (χ2n) is 4.49. The van der Waals surface area contributed by atoms with Crippen LogP contribution in [0.15, 0.2) is 54.6 Å². The second kappa shape index (κ2) is 7.47. The number of nitrogens with one attached hydrogen (secondary N) is 2. The summed E-state index contributed by atoms with van der Waals surface area (Å²) in [4.78, 5) is 28.9. The summed E-state index contributed by atoms with van der Waals surface area (Å²) in [6, 6.07) is 14.2. The predicted octanol–water partition coefficient (Wildman–Crippen LogP) is 2.64. The molecule has 0 heterocycles. The molecule has 2 rings (SSSR count). The molecule has 0 aliphatic carbocycles. The first kappa shape index (κ1) is 15.9. The number of hydrogen-bond acceptors (Lipinski definition) is 4. The topological polar surface area (TPSA) is 94.5 Å². The summed E-state index contributed by atoms with van der Waals surface area (Å²) >= 11 is 0. The van der Waals surface area contributed by atoms with Gasteiger partial charge in [-0.3, -0.25) is 4.79 Å². The number of amides is 3. The van der Waals surface area contributed by atoms with Crippen molar-refractivity contribution in [2.45, 2.75) is 6.92 Å². The van der Waals surface area contributed by atoms with Crippen LogP contribution in [-0.4, -0.2) is 11.9 Å². The molecule has 7 heteroatoms. The van der Waals surface area contributed by atoms with Crippen molar-refractivity contribution in [1.82, 2.24) is 5.48 Å². The van der Waals surface area contributed by atoms with Crippen LogP contribution in [0.1, 0.15) is 6.92 Å². The number of carbonyl (C=O) groups excluding carboxylic acids is 2. The van der Waals surface area contributed by atoms with Gasteiger partial charge in [0.1, 0.15) is 0 Å². The molecule has 0 fully saturated rings. The highest BCUT2D eigenvalue weighted by atomic mass is 16.7. The number of nitriles is 1. The highest BCUT2D eigenvalue weighted by molar-refractivity contribution is 5.94. The van der Waals surface area contributed by atoms with E-state index in [0.717, 1.165) is 4.90 Å². The Balaban J connectivity index is 1.96. The molecule has 2 aromatic rings. The first-order chi connectivity index (χ1) is 11.1. The molecule has 2 aromatic carbocycles. The largest absolute Gasteiger partial charge is 0.378 e. The number of urea groups is 1. The van der Waals surface area contributed by atoms with Crippen LogP contribution in [0.3, 0.4) is 0 Å². The van der Waals surface area contributed by atoms with E-state index in [4.69, 9.17) is 10.1 Å². The molecule has 0 saturated carbocycles. The number of benzene rings is 2. The first-order valence-corrected chi connectivity index (χ1v) is 6.69. The summed E-state index contributed by atoms with van der Waals surface area (Å²) in [6.45, 7) is 1.41. The molecular weight excluding hydrogens is 296 g/mol. The Labute approximate surface area is 133 Å². The van der Waals surface area contributed by atoms with E-state index >= 15 is 0 Å². The molecule has 0 unspecified atom stereocenters. The SMILES string of the molecule is CC(=O)Nc1ccc(ONC(=O)N(C#N)c2ccccc2)cc1. The van der Waals surface area contributed by atoms with Gasteiger partial charge in [-0.05, 0) is 36.4 Å². The average Bonchev–Trinajstić information content (AvgIpc) is 2.55. The van der Waals surface area contributed by atoms with Crippen molar-refractivity contribution in [2.24, 2.45) is 0 Å². The van der Waals surface area contributed by atoms with E-state index in [1.165, 1.54) is 6.92 Å². The van der Waals surface area contributed by atoms with Crippen LogP contribution in [0.25, 0.3) is 0 Å². The lowest BCUT2D eigenvalue weighted by Gasteiger charge is -2.14. The van der Waals surface area contributed by atoms with E-state index in [2.05, 4.69) is 10.8 Å². The van der Waals surface area contributed by atoms with E-state index < -0.39 is 6.03 Å². The third-order valence-corrected chi connectivity index (χ3v) is 2.75. The Hall–Kier alpha value is -3.53. The smallest absolute Gasteiger partial charge is 0.368 e. The van der Waals surface area contributed by atoms with Gasteiger partial charge in [0.05, 0.1) is 5.69 Å². The fraction of sp³-hybridized carbons (Fsp3) is 0.0625. The maximum absolute atomic E-state index is 12.0. The van der Waals surface area contributed by atoms with E-state index in [0.29, 0.717) is 17.1 Å². The fourth-order valence-corrected chi connectivity index (χ4v) is 1.76. The molecule has 0 aromatic heterocycles. The molecular formula is C16H14N4O3. The maximum Gasteiger partial charge on any atom is 0.368 e. The van der Waals surface area contributed by atoms with E-state index in [1.807, 2.05) is 0 Å². The minimum Gasteiger partial charge on any atom is -0.378 e. The monoisotopic (exact) mass is 310 g/mol. The molecule has 116 valence electrons. The van der Waals surface area contributed by atoms with Crippen molar-refractivity contribution in [1.29, 1.82) is 5.26 Å². The zero-order valence-electron chi connectivity index (χ0n) is 12.3. The predicted molar refractivity (Wildman–Crippen MR) is 84.4 cm³/mol. The standard InChI is InChI=1S/C16H14N4O3/c1-12(21)18-13-7-9-15(10-8-13)23-19-16(22)20(11-17)14-5-3-2-4-6-14/h2-10H,1H3,(H,18,21)(H,19,22).